The molecule has 0 unspecified atom stereocenters. The summed E-state index contributed by atoms with van der Waals surface area (Å²) in [5.41, 5.74) is 6.48. The molecular weight excluding hydrogens is 319 g/mol. The number of aromatic nitrogens is 2. The van der Waals surface area contributed by atoms with Crippen LogP contribution in [0.3, 0.4) is 0 Å². The molecule has 1 aromatic heterocycles. The number of nitrogen functional groups attached to an aromatic ring is 1. The van der Waals surface area contributed by atoms with Crippen LogP contribution in [0.2, 0.25) is 0 Å². The summed E-state index contributed by atoms with van der Waals surface area (Å²) in [6.45, 7) is 1.74. The second-order valence-corrected chi connectivity index (χ2v) is 4.82. The molecular formula is C11H10BrFN4O2. The third kappa shape index (κ3) is 2.58. The van der Waals surface area contributed by atoms with Gasteiger partial charge in [0.15, 0.2) is 0 Å². The smallest absolute Gasteiger partial charge is 0.333 e. The molecule has 0 radical (unpaired) electrons. The summed E-state index contributed by atoms with van der Waals surface area (Å²) < 4.78 is 14.9. The van der Waals surface area contributed by atoms with E-state index in [9.17, 15) is 14.5 Å². The molecule has 0 amide bonds. The average molecular weight is 329 g/mol. The minimum atomic E-state index is -0.562. The lowest BCUT2D eigenvalue weighted by atomic mass is 10.2. The van der Waals surface area contributed by atoms with E-state index in [1.807, 2.05) is 0 Å². The molecule has 0 atom stereocenters. The first-order chi connectivity index (χ1) is 8.90. The van der Waals surface area contributed by atoms with Gasteiger partial charge < -0.3 is 5.73 Å². The number of hydrogen-bond acceptors (Lipinski definition) is 4. The standard InChI is InChI=1S/C11H10BrFN4O2/c1-6-10(17(18)19)11(14)16(15-6)5-7-2-3-8(13)4-9(7)12/h2-4H,5,14H2,1H3. The van der Waals surface area contributed by atoms with Crippen LogP contribution in [0.4, 0.5) is 15.9 Å². The fourth-order valence-electron chi connectivity index (χ4n) is 1.75. The Kier molecular flexibility index (Phi) is 3.52. The number of halogens is 2. The van der Waals surface area contributed by atoms with Gasteiger partial charge >= 0.3 is 5.69 Å². The Labute approximate surface area is 116 Å². The summed E-state index contributed by atoms with van der Waals surface area (Å²) in [6.07, 6.45) is 0. The Hall–Kier alpha value is -1.96. The maximum Gasteiger partial charge on any atom is 0.333 e. The van der Waals surface area contributed by atoms with Crippen molar-refractivity contribution >= 4 is 27.4 Å². The zero-order chi connectivity index (χ0) is 14.2. The fraction of sp³-hybridized carbons (Fsp3) is 0.182. The highest BCUT2D eigenvalue weighted by Gasteiger charge is 2.23. The average Bonchev–Trinajstić information content (AvgIpc) is 2.58. The second-order valence-electron chi connectivity index (χ2n) is 3.97. The molecule has 0 aliphatic heterocycles. The van der Waals surface area contributed by atoms with Gasteiger partial charge in [-0.05, 0) is 24.6 Å². The summed E-state index contributed by atoms with van der Waals surface area (Å²) in [5.74, 6) is -0.384. The molecule has 0 fully saturated rings. The highest BCUT2D eigenvalue weighted by Crippen LogP contribution is 2.27. The number of benzene rings is 1. The molecule has 0 saturated heterocycles. The Morgan fingerprint density at radius 2 is 2.26 bits per heavy atom. The summed E-state index contributed by atoms with van der Waals surface area (Å²) >= 11 is 3.23. The van der Waals surface area contributed by atoms with Crippen LogP contribution in [0, 0.1) is 22.9 Å². The van der Waals surface area contributed by atoms with E-state index in [0.29, 0.717) is 4.47 Å². The normalized spacial score (nSPS) is 10.7. The molecule has 0 saturated carbocycles. The SMILES string of the molecule is Cc1nn(Cc2ccc(F)cc2Br)c(N)c1[N+](=O)[O-]. The van der Waals surface area contributed by atoms with E-state index in [4.69, 9.17) is 5.73 Å². The number of nitrogens with two attached hydrogens (primary N) is 1. The Morgan fingerprint density at radius 3 is 2.79 bits per heavy atom. The molecule has 0 aliphatic carbocycles. The largest absolute Gasteiger partial charge is 0.378 e. The zero-order valence-corrected chi connectivity index (χ0v) is 11.5. The van der Waals surface area contributed by atoms with Crippen LogP contribution < -0.4 is 5.73 Å². The van der Waals surface area contributed by atoms with E-state index in [0.717, 1.165) is 5.56 Å². The Bertz CT molecular complexity index is 656. The Morgan fingerprint density at radius 1 is 1.58 bits per heavy atom. The molecule has 19 heavy (non-hydrogen) atoms. The molecule has 2 rings (SSSR count). The highest BCUT2D eigenvalue weighted by atomic mass is 79.9. The van der Waals surface area contributed by atoms with Crippen molar-refractivity contribution in [3.8, 4) is 0 Å². The van der Waals surface area contributed by atoms with Crippen molar-refractivity contribution in [2.75, 3.05) is 5.73 Å². The molecule has 8 heteroatoms. The van der Waals surface area contributed by atoms with Gasteiger partial charge in [-0.2, -0.15) is 5.10 Å². The number of hydrogen-bond donors (Lipinski definition) is 1. The van der Waals surface area contributed by atoms with Gasteiger partial charge in [-0.1, -0.05) is 22.0 Å². The van der Waals surface area contributed by atoms with Crippen LogP contribution in [-0.4, -0.2) is 14.7 Å². The lowest BCUT2D eigenvalue weighted by Crippen LogP contribution is -2.07. The van der Waals surface area contributed by atoms with E-state index in [-0.39, 0.29) is 29.6 Å². The summed E-state index contributed by atoms with van der Waals surface area (Å²) in [6, 6.07) is 4.19. The van der Waals surface area contributed by atoms with Gasteiger partial charge in [0.05, 0.1) is 11.5 Å². The zero-order valence-electron chi connectivity index (χ0n) is 9.93. The fourth-order valence-corrected chi connectivity index (χ4v) is 2.22. The van der Waals surface area contributed by atoms with Crippen LogP contribution in [0.5, 0.6) is 0 Å². The molecule has 6 nitrogen and oxygen atoms in total. The van der Waals surface area contributed by atoms with Gasteiger partial charge in [-0.3, -0.25) is 10.1 Å². The number of rotatable bonds is 3. The van der Waals surface area contributed by atoms with Crippen molar-refractivity contribution in [3.05, 3.63) is 49.9 Å². The predicted molar refractivity (Wildman–Crippen MR) is 71.2 cm³/mol. The minimum Gasteiger partial charge on any atom is -0.378 e. The van der Waals surface area contributed by atoms with E-state index in [1.165, 1.54) is 23.7 Å². The molecule has 0 aliphatic rings. The third-order valence-electron chi connectivity index (χ3n) is 2.65. The first-order valence-corrected chi connectivity index (χ1v) is 6.10. The van der Waals surface area contributed by atoms with Gasteiger partial charge in [0.25, 0.3) is 0 Å². The van der Waals surface area contributed by atoms with Gasteiger partial charge in [-0.15, -0.1) is 0 Å². The summed E-state index contributed by atoms with van der Waals surface area (Å²) in [4.78, 5) is 10.3. The summed E-state index contributed by atoms with van der Waals surface area (Å²) in [5, 5.41) is 14.9. The first kappa shape index (κ1) is 13.5. The quantitative estimate of drug-likeness (QED) is 0.693. The van der Waals surface area contributed by atoms with Crippen molar-refractivity contribution in [1.82, 2.24) is 9.78 Å². The van der Waals surface area contributed by atoms with E-state index >= 15 is 0 Å². The van der Waals surface area contributed by atoms with Gasteiger partial charge in [0.2, 0.25) is 5.82 Å². The van der Waals surface area contributed by atoms with E-state index in [2.05, 4.69) is 21.0 Å². The maximum atomic E-state index is 13.0. The maximum absolute atomic E-state index is 13.0. The van der Waals surface area contributed by atoms with Gasteiger partial charge in [0, 0.05) is 4.47 Å². The first-order valence-electron chi connectivity index (χ1n) is 5.31. The van der Waals surface area contributed by atoms with Crippen LogP contribution in [-0.2, 0) is 6.54 Å². The topological polar surface area (TPSA) is 87.0 Å². The van der Waals surface area contributed by atoms with Gasteiger partial charge in [0.1, 0.15) is 11.5 Å². The molecule has 1 aromatic carbocycles. The molecule has 2 N–H and O–H groups in total. The second kappa shape index (κ2) is 4.96. The minimum absolute atomic E-state index is 0.0151. The number of anilines is 1. The lowest BCUT2D eigenvalue weighted by Gasteiger charge is -2.06. The Balaban J connectivity index is 2.39. The van der Waals surface area contributed by atoms with Crippen LogP contribution in [0.1, 0.15) is 11.3 Å². The van der Waals surface area contributed by atoms with E-state index < -0.39 is 4.92 Å². The van der Waals surface area contributed by atoms with E-state index in [1.54, 1.807) is 6.07 Å². The molecule has 0 bridgehead atoms. The highest BCUT2D eigenvalue weighted by molar-refractivity contribution is 9.10. The summed E-state index contributed by atoms with van der Waals surface area (Å²) in [7, 11) is 0. The molecule has 100 valence electrons. The monoisotopic (exact) mass is 328 g/mol. The number of nitrogens with zero attached hydrogens (tertiary/aromatic N) is 3. The van der Waals surface area contributed by atoms with Crippen LogP contribution in [0.15, 0.2) is 22.7 Å². The predicted octanol–water partition coefficient (Wildman–Crippen LogP) is 2.63. The molecule has 2 aromatic rings. The van der Waals surface area contributed by atoms with Crippen molar-refractivity contribution in [2.24, 2.45) is 0 Å². The van der Waals surface area contributed by atoms with Crippen molar-refractivity contribution in [3.63, 3.8) is 0 Å². The number of nitro groups is 1. The van der Waals surface area contributed by atoms with Crippen LogP contribution in [0.25, 0.3) is 0 Å². The van der Waals surface area contributed by atoms with Crippen molar-refractivity contribution < 1.29 is 9.31 Å². The van der Waals surface area contributed by atoms with Crippen LogP contribution >= 0.6 is 15.9 Å². The molecule has 0 spiro atoms. The third-order valence-corrected chi connectivity index (χ3v) is 3.39. The van der Waals surface area contributed by atoms with Crippen molar-refractivity contribution in [2.45, 2.75) is 13.5 Å². The molecule has 1 heterocycles. The number of aryl methyl sites for hydroxylation is 1. The van der Waals surface area contributed by atoms with Gasteiger partial charge in [-0.25, -0.2) is 9.07 Å². The van der Waals surface area contributed by atoms with Crippen molar-refractivity contribution in [1.29, 1.82) is 0 Å². The lowest BCUT2D eigenvalue weighted by molar-refractivity contribution is -0.384.